The molecule has 4 nitrogen and oxygen atoms in total. The standard InChI is InChI=1S/C18H28N2O2/c1-2-3-4-5-6-7-13-22-15-9-10-16(17(21)14-15)18-19-11-8-12-20-18/h9-10,14,21H,2-8,11-13H2,1H3,(H,19,20). The van der Waals surface area contributed by atoms with Gasteiger partial charge in [-0.2, -0.15) is 0 Å². The summed E-state index contributed by atoms with van der Waals surface area (Å²) in [5.41, 5.74) is 0.756. The maximum Gasteiger partial charge on any atom is 0.132 e. The van der Waals surface area contributed by atoms with Crippen LogP contribution < -0.4 is 10.1 Å². The predicted octanol–water partition coefficient (Wildman–Crippen LogP) is 3.87. The lowest BCUT2D eigenvalue weighted by atomic mass is 10.1. The van der Waals surface area contributed by atoms with Gasteiger partial charge in [0.15, 0.2) is 0 Å². The van der Waals surface area contributed by atoms with Gasteiger partial charge in [-0.05, 0) is 25.0 Å². The molecule has 1 heterocycles. The molecule has 122 valence electrons. The highest BCUT2D eigenvalue weighted by molar-refractivity contribution is 6.01. The SMILES string of the molecule is CCCCCCCCOc1ccc(C2=NCCCN2)c(O)c1. The van der Waals surface area contributed by atoms with E-state index in [1.165, 1.54) is 32.1 Å². The number of unbranched alkanes of at least 4 members (excludes halogenated alkanes) is 5. The number of phenolic OH excluding ortho intramolecular Hbond substituents is 1. The fourth-order valence-electron chi connectivity index (χ4n) is 2.59. The first-order chi connectivity index (χ1) is 10.8. The van der Waals surface area contributed by atoms with Gasteiger partial charge in [-0.3, -0.25) is 4.99 Å². The largest absolute Gasteiger partial charge is 0.507 e. The van der Waals surface area contributed by atoms with E-state index in [4.69, 9.17) is 4.74 Å². The topological polar surface area (TPSA) is 53.8 Å². The molecule has 1 aliphatic rings. The van der Waals surface area contributed by atoms with Crippen molar-refractivity contribution in [3.8, 4) is 11.5 Å². The molecule has 0 amide bonds. The minimum Gasteiger partial charge on any atom is -0.507 e. The summed E-state index contributed by atoms with van der Waals surface area (Å²) in [5.74, 6) is 1.74. The van der Waals surface area contributed by atoms with Crippen LogP contribution in [0.15, 0.2) is 23.2 Å². The van der Waals surface area contributed by atoms with Gasteiger partial charge >= 0.3 is 0 Å². The van der Waals surface area contributed by atoms with Gasteiger partial charge in [-0.15, -0.1) is 0 Å². The van der Waals surface area contributed by atoms with Crippen LogP contribution in [-0.4, -0.2) is 30.6 Å². The van der Waals surface area contributed by atoms with Gasteiger partial charge in [0.1, 0.15) is 17.3 Å². The first-order valence-electron chi connectivity index (χ1n) is 8.55. The lowest BCUT2D eigenvalue weighted by Crippen LogP contribution is -2.30. The molecular formula is C18H28N2O2. The van der Waals surface area contributed by atoms with E-state index >= 15 is 0 Å². The number of nitrogens with zero attached hydrogens (tertiary/aromatic N) is 1. The van der Waals surface area contributed by atoms with E-state index in [-0.39, 0.29) is 5.75 Å². The van der Waals surface area contributed by atoms with Crippen LogP contribution in [0.2, 0.25) is 0 Å². The third kappa shape index (κ3) is 5.24. The van der Waals surface area contributed by atoms with Gasteiger partial charge in [0.2, 0.25) is 0 Å². The van der Waals surface area contributed by atoms with Crippen molar-refractivity contribution < 1.29 is 9.84 Å². The number of rotatable bonds is 9. The molecule has 0 bridgehead atoms. The summed E-state index contributed by atoms with van der Waals surface area (Å²) >= 11 is 0. The molecule has 1 aromatic rings. The highest BCUT2D eigenvalue weighted by atomic mass is 16.5. The molecule has 0 aliphatic carbocycles. The van der Waals surface area contributed by atoms with Crippen LogP contribution in [0.5, 0.6) is 11.5 Å². The normalized spacial score (nSPS) is 14.3. The van der Waals surface area contributed by atoms with Crippen molar-refractivity contribution >= 4 is 5.84 Å². The molecule has 0 saturated carbocycles. The monoisotopic (exact) mass is 304 g/mol. The zero-order chi connectivity index (χ0) is 15.6. The quantitative estimate of drug-likeness (QED) is 0.681. The molecule has 2 N–H and O–H groups in total. The van der Waals surface area contributed by atoms with Crippen molar-refractivity contribution in [1.82, 2.24) is 5.32 Å². The molecule has 0 unspecified atom stereocenters. The predicted molar refractivity (Wildman–Crippen MR) is 91.0 cm³/mol. The van der Waals surface area contributed by atoms with E-state index in [1.54, 1.807) is 6.07 Å². The number of amidine groups is 1. The van der Waals surface area contributed by atoms with E-state index in [0.717, 1.165) is 43.1 Å². The fraction of sp³-hybridized carbons (Fsp3) is 0.611. The molecule has 0 radical (unpaired) electrons. The Bertz CT molecular complexity index is 486. The van der Waals surface area contributed by atoms with E-state index < -0.39 is 0 Å². The molecule has 22 heavy (non-hydrogen) atoms. The number of ether oxygens (including phenoxy) is 1. The zero-order valence-electron chi connectivity index (χ0n) is 13.6. The van der Waals surface area contributed by atoms with Crippen LogP contribution >= 0.6 is 0 Å². The van der Waals surface area contributed by atoms with Crippen LogP contribution in [0.25, 0.3) is 0 Å². The van der Waals surface area contributed by atoms with Gasteiger partial charge in [0.05, 0.1) is 12.2 Å². The Morgan fingerprint density at radius 2 is 2.00 bits per heavy atom. The van der Waals surface area contributed by atoms with Gasteiger partial charge in [-0.1, -0.05) is 39.0 Å². The lowest BCUT2D eigenvalue weighted by Gasteiger charge is -2.16. The third-order valence-corrected chi connectivity index (χ3v) is 3.89. The Hall–Kier alpha value is -1.71. The molecule has 2 rings (SSSR count). The molecule has 0 saturated heterocycles. The second kappa shape index (κ2) is 9.34. The summed E-state index contributed by atoms with van der Waals surface area (Å²) in [6.45, 7) is 4.67. The third-order valence-electron chi connectivity index (χ3n) is 3.89. The first kappa shape index (κ1) is 16.7. The van der Waals surface area contributed by atoms with Crippen LogP contribution in [0.1, 0.15) is 57.4 Å². The molecule has 0 fully saturated rings. The maximum absolute atomic E-state index is 10.1. The van der Waals surface area contributed by atoms with Crippen molar-refractivity contribution in [3.05, 3.63) is 23.8 Å². The summed E-state index contributed by atoms with van der Waals surface area (Å²) in [7, 11) is 0. The van der Waals surface area contributed by atoms with Crippen molar-refractivity contribution in [2.24, 2.45) is 4.99 Å². The van der Waals surface area contributed by atoms with E-state index in [1.807, 2.05) is 12.1 Å². The molecular weight excluding hydrogens is 276 g/mol. The molecule has 1 aromatic carbocycles. The Morgan fingerprint density at radius 3 is 2.73 bits per heavy atom. The van der Waals surface area contributed by atoms with Crippen molar-refractivity contribution in [2.45, 2.75) is 51.9 Å². The number of hydrogen-bond acceptors (Lipinski definition) is 4. The summed E-state index contributed by atoms with van der Waals surface area (Å²) in [6, 6.07) is 5.47. The van der Waals surface area contributed by atoms with Crippen LogP contribution in [0.4, 0.5) is 0 Å². The lowest BCUT2D eigenvalue weighted by molar-refractivity contribution is 0.302. The first-order valence-corrected chi connectivity index (χ1v) is 8.55. The summed E-state index contributed by atoms with van der Waals surface area (Å²) in [4.78, 5) is 4.41. The van der Waals surface area contributed by atoms with Crippen molar-refractivity contribution in [2.75, 3.05) is 19.7 Å². The Labute approximate surface area is 133 Å². The van der Waals surface area contributed by atoms with Crippen molar-refractivity contribution in [3.63, 3.8) is 0 Å². The Balaban J connectivity index is 1.76. The van der Waals surface area contributed by atoms with Gasteiger partial charge in [0.25, 0.3) is 0 Å². The number of phenols is 1. The second-order valence-electron chi connectivity index (χ2n) is 5.81. The number of nitrogens with one attached hydrogen (secondary N) is 1. The average Bonchev–Trinajstić information content (AvgIpc) is 2.55. The molecule has 0 spiro atoms. The maximum atomic E-state index is 10.1. The number of aromatic hydroxyl groups is 1. The van der Waals surface area contributed by atoms with Crippen molar-refractivity contribution in [1.29, 1.82) is 0 Å². The van der Waals surface area contributed by atoms with Gasteiger partial charge in [-0.25, -0.2) is 0 Å². The smallest absolute Gasteiger partial charge is 0.132 e. The summed E-state index contributed by atoms with van der Waals surface area (Å²) in [6.07, 6.45) is 8.54. The summed E-state index contributed by atoms with van der Waals surface area (Å²) < 4.78 is 5.72. The highest BCUT2D eigenvalue weighted by Crippen LogP contribution is 2.24. The number of hydrogen-bond donors (Lipinski definition) is 2. The minimum absolute atomic E-state index is 0.230. The van der Waals surface area contributed by atoms with Crippen LogP contribution in [-0.2, 0) is 0 Å². The molecule has 4 heteroatoms. The zero-order valence-corrected chi connectivity index (χ0v) is 13.6. The van der Waals surface area contributed by atoms with E-state index in [2.05, 4.69) is 17.2 Å². The number of aliphatic imine (C=N–C) groups is 1. The van der Waals surface area contributed by atoms with Gasteiger partial charge in [0, 0.05) is 19.2 Å². The minimum atomic E-state index is 0.230. The average molecular weight is 304 g/mol. The number of benzene rings is 1. The molecule has 0 atom stereocenters. The van der Waals surface area contributed by atoms with E-state index in [0.29, 0.717) is 6.61 Å². The van der Waals surface area contributed by atoms with Crippen LogP contribution in [0.3, 0.4) is 0 Å². The summed E-state index contributed by atoms with van der Waals surface area (Å²) in [5, 5.41) is 13.4. The van der Waals surface area contributed by atoms with E-state index in [9.17, 15) is 5.11 Å². The Morgan fingerprint density at radius 1 is 1.18 bits per heavy atom. The molecule has 0 aromatic heterocycles. The van der Waals surface area contributed by atoms with Gasteiger partial charge < -0.3 is 15.2 Å². The van der Waals surface area contributed by atoms with Crippen LogP contribution in [0, 0.1) is 0 Å². The fourth-order valence-corrected chi connectivity index (χ4v) is 2.59. The Kier molecular flexibility index (Phi) is 7.07. The highest BCUT2D eigenvalue weighted by Gasteiger charge is 2.12. The molecule has 1 aliphatic heterocycles. The second-order valence-corrected chi connectivity index (χ2v) is 5.81.